The topological polar surface area (TPSA) is 84.4 Å². The standard InChI is InChI=1S/C19H12Cl2N4O3/c1-25-13-3-2-8-22-18(13)28-14-6-4-10(9-12(14)19(25)27)23-17(26)11-5-7-15(20)24-16(11)21/h2-9H,1H3,(H,23,26). The molecular weight excluding hydrogens is 403 g/mol. The number of pyridine rings is 2. The minimum absolute atomic E-state index is 0.0135. The Morgan fingerprint density at radius 3 is 2.79 bits per heavy atom. The van der Waals surface area contributed by atoms with Crippen molar-refractivity contribution in [1.82, 2.24) is 9.97 Å². The molecule has 0 fully saturated rings. The lowest BCUT2D eigenvalue weighted by molar-refractivity contribution is 0.0990. The van der Waals surface area contributed by atoms with Crippen LogP contribution in [-0.4, -0.2) is 28.8 Å². The number of fused-ring (bicyclic) bond motifs is 2. The second-order valence-corrected chi connectivity index (χ2v) is 6.68. The molecule has 0 radical (unpaired) electrons. The number of nitrogens with zero attached hydrogens (tertiary/aromatic N) is 3. The molecule has 4 rings (SSSR count). The van der Waals surface area contributed by atoms with Gasteiger partial charge in [0, 0.05) is 18.9 Å². The van der Waals surface area contributed by atoms with Crippen LogP contribution in [0.3, 0.4) is 0 Å². The highest BCUT2D eigenvalue weighted by atomic mass is 35.5. The van der Waals surface area contributed by atoms with Crippen LogP contribution in [-0.2, 0) is 0 Å². The van der Waals surface area contributed by atoms with E-state index in [4.69, 9.17) is 27.9 Å². The summed E-state index contributed by atoms with van der Waals surface area (Å²) in [5.74, 6) is -0.0927. The lowest BCUT2D eigenvalue weighted by Crippen LogP contribution is -2.25. The quantitative estimate of drug-likeness (QED) is 0.627. The molecule has 0 atom stereocenters. The highest BCUT2D eigenvalue weighted by Crippen LogP contribution is 2.37. The van der Waals surface area contributed by atoms with Crippen molar-refractivity contribution in [2.75, 3.05) is 17.3 Å². The molecule has 3 heterocycles. The van der Waals surface area contributed by atoms with Gasteiger partial charge in [0.05, 0.1) is 11.1 Å². The summed E-state index contributed by atoms with van der Waals surface area (Å²) in [6.45, 7) is 0. The van der Waals surface area contributed by atoms with Crippen molar-refractivity contribution in [3.05, 3.63) is 70.1 Å². The third-order valence-electron chi connectivity index (χ3n) is 4.15. The zero-order valence-corrected chi connectivity index (χ0v) is 16.0. The van der Waals surface area contributed by atoms with Gasteiger partial charge in [0.1, 0.15) is 21.7 Å². The molecule has 3 aromatic rings. The van der Waals surface area contributed by atoms with Crippen molar-refractivity contribution in [3.8, 4) is 11.6 Å². The summed E-state index contributed by atoms with van der Waals surface area (Å²) in [5, 5.41) is 2.87. The van der Waals surface area contributed by atoms with Crippen LogP contribution in [0.5, 0.6) is 11.6 Å². The molecule has 0 bridgehead atoms. The Bertz CT molecular complexity index is 1120. The Morgan fingerprint density at radius 2 is 2.00 bits per heavy atom. The zero-order valence-electron chi connectivity index (χ0n) is 14.4. The lowest BCUT2D eigenvalue weighted by Gasteiger charge is -2.15. The summed E-state index contributed by atoms with van der Waals surface area (Å²) >= 11 is 11.7. The van der Waals surface area contributed by atoms with E-state index in [1.807, 2.05) is 0 Å². The number of carbonyl (C=O) groups is 2. The SMILES string of the molecule is CN1C(=O)c2cc(NC(=O)c3ccc(Cl)nc3Cl)ccc2Oc2ncccc21. The molecule has 2 amide bonds. The molecule has 0 aliphatic carbocycles. The maximum absolute atomic E-state index is 12.9. The van der Waals surface area contributed by atoms with Crippen molar-refractivity contribution in [2.45, 2.75) is 0 Å². The number of hydrogen-bond donors (Lipinski definition) is 1. The second-order valence-electron chi connectivity index (χ2n) is 5.93. The smallest absolute Gasteiger partial charge is 0.262 e. The number of carbonyl (C=O) groups excluding carboxylic acids is 2. The Labute approximate surface area is 169 Å². The van der Waals surface area contributed by atoms with Crippen LogP contribution >= 0.6 is 23.2 Å². The summed E-state index contributed by atoms with van der Waals surface area (Å²) in [7, 11) is 1.63. The van der Waals surface area contributed by atoms with E-state index in [-0.39, 0.29) is 21.8 Å². The molecule has 1 aliphatic heterocycles. The zero-order chi connectivity index (χ0) is 19.8. The van der Waals surface area contributed by atoms with Gasteiger partial charge in [-0.2, -0.15) is 0 Å². The van der Waals surface area contributed by atoms with Crippen LogP contribution in [0, 0.1) is 0 Å². The average molecular weight is 415 g/mol. The first-order valence-corrected chi connectivity index (χ1v) is 8.88. The van der Waals surface area contributed by atoms with E-state index in [9.17, 15) is 9.59 Å². The van der Waals surface area contributed by atoms with Crippen molar-refractivity contribution in [2.24, 2.45) is 0 Å². The van der Waals surface area contributed by atoms with Gasteiger partial charge in [0.25, 0.3) is 11.8 Å². The first-order chi connectivity index (χ1) is 13.4. The molecule has 2 aromatic heterocycles. The van der Waals surface area contributed by atoms with Crippen LogP contribution in [0.4, 0.5) is 11.4 Å². The number of amides is 2. The number of halogens is 2. The van der Waals surface area contributed by atoms with Gasteiger partial charge in [-0.05, 0) is 42.5 Å². The van der Waals surface area contributed by atoms with Gasteiger partial charge in [0.15, 0.2) is 0 Å². The largest absolute Gasteiger partial charge is 0.436 e. The van der Waals surface area contributed by atoms with Crippen molar-refractivity contribution in [3.63, 3.8) is 0 Å². The van der Waals surface area contributed by atoms with E-state index < -0.39 is 5.91 Å². The first-order valence-electron chi connectivity index (χ1n) is 8.12. The third kappa shape index (κ3) is 3.26. The molecule has 9 heteroatoms. The number of nitrogens with one attached hydrogen (secondary N) is 1. The van der Waals surface area contributed by atoms with E-state index in [1.54, 1.807) is 37.5 Å². The average Bonchev–Trinajstić information content (AvgIpc) is 2.77. The minimum atomic E-state index is -0.477. The number of rotatable bonds is 2. The summed E-state index contributed by atoms with van der Waals surface area (Å²) in [4.78, 5) is 34.8. The van der Waals surface area contributed by atoms with Gasteiger partial charge < -0.3 is 15.0 Å². The van der Waals surface area contributed by atoms with E-state index in [2.05, 4.69) is 15.3 Å². The summed E-state index contributed by atoms with van der Waals surface area (Å²) in [6, 6.07) is 11.2. The summed E-state index contributed by atoms with van der Waals surface area (Å²) < 4.78 is 5.79. The summed E-state index contributed by atoms with van der Waals surface area (Å²) in [6.07, 6.45) is 1.58. The molecular formula is C19H12Cl2N4O3. The molecule has 1 aliphatic rings. The van der Waals surface area contributed by atoms with Gasteiger partial charge in [-0.15, -0.1) is 0 Å². The molecule has 7 nitrogen and oxygen atoms in total. The van der Waals surface area contributed by atoms with E-state index in [0.29, 0.717) is 28.6 Å². The Hall–Kier alpha value is -3.16. The van der Waals surface area contributed by atoms with Crippen LogP contribution in [0.15, 0.2) is 48.7 Å². The van der Waals surface area contributed by atoms with Gasteiger partial charge in [-0.3, -0.25) is 9.59 Å². The number of benzene rings is 1. The van der Waals surface area contributed by atoms with Gasteiger partial charge in [0.2, 0.25) is 5.88 Å². The molecule has 0 spiro atoms. The number of anilines is 2. The predicted octanol–water partition coefficient (Wildman–Crippen LogP) is 4.42. The molecule has 1 N–H and O–H groups in total. The van der Waals surface area contributed by atoms with E-state index in [1.165, 1.54) is 23.1 Å². The Morgan fingerprint density at radius 1 is 1.18 bits per heavy atom. The van der Waals surface area contributed by atoms with Crippen LogP contribution in [0.1, 0.15) is 20.7 Å². The highest BCUT2D eigenvalue weighted by Gasteiger charge is 2.27. The van der Waals surface area contributed by atoms with Gasteiger partial charge in [-0.1, -0.05) is 23.2 Å². The maximum Gasteiger partial charge on any atom is 0.262 e. The molecule has 0 saturated heterocycles. The third-order valence-corrected chi connectivity index (χ3v) is 4.65. The molecule has 1 aromatic carbocycles. The number of hydrogen-bond acceptors (Lipinski definition) is 5. The second kappa shape index (κ2) is 7.10. The van der Waals surface area contributed by atoms with Crippen molar-refractivity contribution >= 4 is 46.4 Å². The Kier molecular flexibility index (Phi) is 4.62. The highest BCUT2D eigenvalue weighted by molar-refractivity contribution is 6.35. The van der Waals surface area contributed by atoms with Crippen LogP contribution < -0.4 is 15.0 Å². The maximum atomic E-state index is 12.9. The number of aromatic nitrogens is 2. The van der Waals surface area contributed by atoms with Crippen molar-refractivity contribution in [1.29, 1.82) is 0 Å². The normalized spacial score (nSPS) is 12.5. The Balaban J connectivity index is 1.66. The van der Waals surface area contributed by atoms with Gasteiger partial charge >= 0.3 is 0 Å². The molecule has 0 saturated carbocycles. The summed E-state index contributed by atoms with van der Waals surface area (Å²) in [5.41, 5.74) is 1.41. The molecule has 0 unspecified atom stereocenters. The first kappa shape index (κ1) is 18.2. The van der Waals surface area contributed by atoms with Crippen molar-refractivity contribution < 1.29 is 14.3 Å². The van der Waals surface area contributed by atoms with Crippen LogP contribution in [0.25, 0.3) is 0 Å². The fraction of sp³-hybridized carbons (Fsp3) is 0.0526. The molecule has 28 heavy (non-hydrogen) atoms. The predicted molar refractivity (Wildman–Crippen MR) is 106 cm³/mol. The van der Waals surface area contributed by atoms with Crippen LogP contribution in [0.2, 0.25) is 10.3 Å². The number of ether oxygens (including phenoxy) is 1. The van der Waals surface area contributed by atoms with Gasteiger partial charge in [-0.25, -0.2) is 9.97 Å². The molecule has 140 valence electrons. The fourth-order valence-corrected chi connectivity index (χ4v) is 3.18. The monoisotopic (exact) mass is 414 g/mol. The van der Waals surface area contributed by atoms with E-state index >= 15 is 0 Å². The minimum Gasteiger partial charge on any atom is -0.436 e. The fourth-order valence-electron chi connectivity index (χ4n) is 2.75. The van der Waals surface area contributed by atoms with E-state index in [0.717, 1.165) is 0 Å². The lowest BCUT2D eigenvalue weighted by atomic mass is 10.1.